The van der Waals surface area contributed by atoms with E-state index in [1.807, 2.05) is 13.8 Å². The second-order valence-electron chi connectivity index (χ2n) is 5.32. The van der Waals surface area contributed by atoms with Crippen molar-refractivity contribution in [2.75, 3.05) is 20.2 Å². The molecule has 1 aromatic rings. The molecule has 4 heteroatoms. The molecular formula is C15H22N2O2. The molecule has 1 fully saturated rings. The summed E-state index contributed by atoms with van der Waals surface area (Å²) in [6.45, 7) is 5.94. The molecule has 1 aliphatic heterocycles. The summed E-state index contributed by atoms with van der Waals surface area (Å²) >= 11 is 0. The highest BCUT2D eigenvalue weighted by Gasteiger charge is 2.19. The van der Waals surface area contributed by atoms with E-state index in [-0.39, 0.29) is 5.78 Å². The molecule has 1 unspecified atom stereocenters. The number of pyridine rings is 1. The number of rotatable bonds is 5. The van der Waals surface area contributed by atoms with Crippen LogP contribution >= 0.6 is 0 Å². The quantitative estimate of drug-likeness (QED) is 0.879. The van der Waals surface area contributed by atoms with Crippen molar-refractivity contribution in [2.24, 2.45) is 5.92 Å². The Hall–Kier alpha value is -1.42. The van der Waals surface area contributed by atoms with Crippen LogP contribution < -0.4 is 10.1 Å². The van der Waals surface area contributed by atoms with Crippen molar-refractivity contribution >= 4 is 5.78 Å². The van der Waals surface area contributed by atoms with Gasteiger partial charge in [0.05, 0.1) is 12.8 Å². The zero-order chi connectivity index (χ0) is 13.8. The van der Waals surface area contributed by atoms with Crippen LogP contribution in [0.2, 0.25) is 0 Å². The van der Waals surface area contributed by atoms with Gasteiger partial charge in [0.2, 0.25) is 0 Å². The molecule has 19 heavy (non-hydrogen) atoms. The molecule has 0 aliphatic carbocycles. The third-order valence-electron chi connectivity index (χ3n) is 3.79. The average molecular weight is 262 g/mol. The maximum absolute atomic E-state index is 12.1. The minimum Gasteiger partial charge on any atom is -0.496 e. The normalized spacial score (nSPS) is 18.6. The van der Waals surface area contributed by atoms with Gasteiger partial charge in [-0.15, -0.1) is 0 Å². The van der Waals surface area contributed by atoms with Crippen LogP contribution in [0.5, 0.6) is 5.75 Å². The number of nitrogens with one attached hydrogen (secondary N) is 1. The van der Waals surface area contributed by atoms with E-state index in [2.05, 4.69) is 10.3 Å². The van der Waals surface area contributed by atoms with Gasteiger partial charge in [0.1, 0.15) is 11.5 Å². The molecule has 1 aliphatic rings. The standard InChI is InChI=1S/C15H22N2O2/c1-10-8-17-14(11(2)15(10)19-3)7-13(18)6-12-4-5-16-9-12/h8,12,16H,4-7,9H2,1-3H3. The number of methoxy groups -OCH3 is 1. The molecule has 1 saturated heterocycles. The molecule has 4 nitrogen and oxygen atoms in total. The molecule has 0 radical (unpaired) electrons. The summed E-state index contributed by atoms with van der Waals surface area (Å²) < 4.78 is 5.37. The van der Waals surface area contributed by atoms with Crippen molar-refractivity contribution in [1.29, 1.82) is 0 Å². The van der Waals surface area contributed by atoms with Gasteiger partial charge in [0.15, 0.2) is 0 Å². The number of ketones is 1. The summed E-state index contributed by atoms with van der Waals surface area (Å²) in [7, 11) is 1.66. The lowest BCUT2D eigenvalue weighted by molar-refractivity contribution is -0.119. The predicted octanol–water partition coefficient (Wildman–Crippen LogP) is 1.82. The SMILES string of the molecule is COc1c(C)cnc(CC(=O)CC2CCNC2)c1C. The molecule has 0 aromatic carbocycles. The van der Waals surface area contributed by atoms with Crippen LogP contribution in [0.3, 0.4) is 0 Å². The molecule has 1 N–H and O–H groups in total. The van der Waals surface area contributed by atoms with Crippen molar-refractivity contribution in [3.05, 3.63) is 23.0 Å². The number of hydrogen-bond donors (Lipinski definition) is 1. The smallest absolute Gasteiger partial charge is 0.139 e. The van der Waals surface area contributed by atoms with E-state index in [0.717, 1.165) is 42.1 Å². The van der Waals surface area contributed by atoms with Crippen LogP contribution in [0, 0.1) is 19.8 Å². The van der Waals surface area contributed by atoms with Crippen LogP contribution in [0.25, 0.3) is 0 Å². The van der Waals surface area contributed by atoms with Gasteiger partial charge < -0.3 is 10.1 Å². The molecule has 1 atom stereocenters. The molecule has 0 bridgehead atoms. The van der Waals surface area contributed by atoms with Crippen LogP contribution in [0.1, 0.15) is 29.7 Å². The maximum atomic E-state index is 12.1. The molecule has 0 amide bonds. The lowest BCUT2D eigenvalue weighted by Gasteiger charge is -2.12. The van der Waals surface area contributed by atoms with Gasteiger partial charge in [-0.05, 0) is 39.3 Å². The summed E-state index contributed by atoms with van der Waals surface area (Å²) in [6, 6.07) is 0. The van der Waals surface area contributed by atoms with Gasteiger partial charge in [-0.25, -0.2) is 0 Å². The third-order valence-corrected chi connectivity index (χ3v) is 3.79. The summed E-state index contributed by atoms with van der Waals surface area (Å²) in [6.07, 6.45) is 3.96. The van der Waals surface area contributed by atoms with E-state index in [0.29, 0.717) is 18.8 Å². The highest BCUT2D eigenvalue weighted by molar-refractivity contribution is 5.81. The number of carbonyl (C=O) groups is 1. The number of carbonyl (C=O) groups excluding carboxylic acids is 1. The second kappa shape index (κ2) is 6.15. The van der Waals surface area contributed by atoms with Crippen molar-refractivity contribution in [3.8, 4) is 5.75 Å². The number of aromatic nitrogens is 1. The second-order valence-corrected chi connectivity index (χ2v) is 5.32. The molecule has 0 spiro atoms. The Bertz CT molecular complexity index is 465. The van der Waals surface area contributed by atoms with Crippen LogP contribution in [0.4, 0.5) is 0 Å². The number of ether oxygens (including phenoxy) is 1. The Kier molecular flexibility index (Phi) is 4.53. The number of Topliss-reactive ketones (excluding diaryl/α,β-unsaturated/α-hetero) is 1. The fourth-order valence-electron chi connectivity index (χ4n) is 2.72. The van der Waals surface area contributed by atoms with E-state index >= 15 is 0 Å². The average Bonchev–Trinajstić information content (AvgIpc) is 2.86. The zero-order valence-corrected chi connectivity index (χ0v) is 12.0. The maximum Gasteiger partial charge on any atom is 0.139 e. The largest absolute Gasteiger partial charge is 0.496 e. The zero-order valence-electron chi connectivity index (χ0n) is 12.0. The molecule has 104 valence electrons. The monoisotopic (exact) mass is 262 g/mol. The highest BCUT2D eigenvalue weighted by atomic mass is 16.5. The first-order chi connectivity index (χ1) is 9.11. The molecule has 2 rings (SSSR count). The first-order valence-corrected chi connectivity index (χ1v) is 6.83. The van der Waals surface area contributed by atoms with Crippen LogP contribution in [-0.4, -0.2) is 31.0 Å². The number of aryl methyl sites for hydroxylation is 1. The lowest BCUT2D eigenvalue weighted by atomic mass is 9.98. The van der Waals surface area contributed by atoms with E-state index in [4.69, 9.17) is 4.74 Å². The van der Waals surface area contributed by atoms with E-state index in [1.54, 1.807) is 13.3 Å². The number of hydrogen-bond acceptors (Lipinski definition) is 4. The van der Waals surface area contributed by atoms with Crippen molar-refractivity contribution < 1.29 is 9.53 Å². The van der Waals surface area contributed by atoms with Gasteiger partial charge in [-0.1, -0.05) is 0 Å². The topological polar surface area (TPSA) is 51.2 Å². The van der Waals surface area contributed by atoms with E-state index in [1.165, 1.54) is 0 Å². The fourth-order valence-corrected chi connectivity index (χ4v) is 2.72. The molecule has 2 heterocycles. The van der Waals surface area contributed by atoms with Crippen LogP contribution in [0.15, 0.2) is 6.20 Å². The summed E-state index contributed by atoms with van der Waals surface area (Å²) in [5, 5.41) is 3.29. The van der Waals surface area contributed by atoms with Crippen molar-refractivity contribution in [1.82, 2.24) is 10.3 Å². The Morgan fingerprint density at radius 2 is 2.32 bits per heavy atom. The first-order valence-electron chi connectivity index (χ1n) is 6.83. The van der Waals surface area contributed by atoms with Crippen molar-refractivity contribution in [2.45, 2.75) is 33.1 Å². The summed E-state index contributed by atoms with van der Waals surface area (Å²) in [5.41, 5.74) is 2.84. The van der Waals surface area contributed by atoms with Gasteiger partial charge in [-0.3, -0.25) is 9.78 Å². The minimum atomic E-state index is 0.273. The van der Waals surface area contributed by atoms with E-state index in [9.17, 15) is 4.79 Å². The Morgan fingerprint density at radius 3 is 2.95 bits per heavy atom. The van der Waals surface area contributed by atoms with E-state index < -0.39 is 0 Å². The summed E-state index contributed by atoms with van der Waals surface area (Å²) in [5.74, 6) is 1.62. The molecule has 0 saturated carbocycles. The minimum absolute atomic E-state index is 0.273. The summed E-state index contributed by atoms with van der Waals surface area (Å²) in [4.78, 5) is 16.5. The Morgan fingerprint density at radius 1 is 1.53 bits per heavy atom. The van der Waals surface area contributed by atoms with Gasteiger partial charge >= 0.3 is 0 Å². The molecular weight excluding hydrogens is 240 g/mol. The van der Waals surface area contributed by atoms with Crippen LogP contribution in [-0.2, 0) is 11.2 Å². The third kappa shape index (κ3) is 3.32. The van der Waals surface area contributed by atoms with Gasteiger partial charge in [0, 0.05) is 30.2 Å². The number of nitrogens with zero attached hydrogens (tertiary/aromatic N) is 1. The molecule has 1 aromatic heterocycles. The Balaban J connectivity index is 2.04. The fraction of sp³-hybridized carbons (Fsp3) is 0.600. The first kappa shape index (κ1) is 14.0. The van der Waals surface area contributed by atoms with Crippen molar-refractivity contribution in [3.63, 3.8) is 0 Å². The van der Waals surface area contributed by atoms with Gasteiger partial charge in [0.25, 0.3) is 0 Å². The highest BCUT2D eigenvalue weighted by Crippen LogP contribution is 2.25. The lowest BCUT2D eigenvalue weighted by Crippen LogP contribution is -2.15. The Labute approximate surface area is 114 Å². The predicted molar refractivity (Wildman–Crippen MR) is 74.6 cm³/mol. The van der Waals surface area contributed by atoms with Gasteiger partial charge in [-0.2, -0.15) is 0 Å².